The Morgan fingerprint density at radius 1 is 1.13 bits per heavy atom. The van der Waals surface area contributed by atoms with E-state index in [1.165, 1.54) is 18.0 Å². The maximum atomic E-state index is 13.5. The SMILES string of the molecule is COc1cc(C=Nn2c(-c3cc4cc(Br)ccc4o3)nc3ccccc3c2=O)c(Br)c(Br)c1OCC(=O)O. The summed E-state index contributed by atoms with van der Waals surface area (Å²) in [6.45, 7) is -0.551. The van der Waals surface area contributed by atoms with Gasteiger partial charge in [-0.1, -0.05) is 28.1 Å². The fraction of sp³-hybridized carbons (Fsp3) is 0.0769. The zero-order valence-electron chi connectivity index (χ0n) is 19.4. The van der Waals surface area contributed by atoms with Crippen LogP contribution in [-0.4, -0.2) is 40.7 Å². The molecule has 5 rings (SSSR count). The lowest BCUT2D eigenvalue weighted by atomic mass is 10.2. The van der Waals surface area contributed by atoms with Crippen molar-refractivity contribution in [2.75, 3.05) is 13.7 Å². The molecule has 0 unspecified atom stereocenters. The van der Waals surface area contributed by atoms with Gasteiger partial charge in [0.2, 0.25) is 5.82 Å². The zero-order chi connectivity index (χ0) is 27.0. The van der Waals surface area contributed by atoms with E-state index < -0.39 is 12.6 Å². The summed E-state index contributed by atoms with van der Waals surface area (Å²) in [5.74, 6) is -0.0593. The highest BCUT2D eigenvalue weighted by molar-refractivity contribution is 9.13. The number of hydrogen-bond acceptors (Lipinski definition) is 7. The molecule has 0 aliphatic carbocycles. The van der Waals surface area contributed by atoms with Crippen LogP contribution >= 0.6 is 47.8 Å². The van der Waals surface area contributed by atoms with Crippen molar-refractivity contribution in [2.45, 2.75) is 0 Å². The van der Waals surface area contributed by atoms with Gasteiger partial charge in [-0.25, -0.2) is 9.78 Å². The Morgan fingerprint density at radius 3 is 2.68 bits per heavy atom. The molecule has 0 amide bonds. The summed E-state index contributed by atoms with van der Waals surface area (Å²) in [5.41, 5.74) is 1.28. The number of carbonyl (C=O) groups is 1. The van der Waals surface area contributed by atoms with Crippen LogP contribution in [0.5, 0.6) is 11.5 Å². The largest absolute Gasteiger partial charge is 0.493 e. The van der Waals surface area contributed by atoms with Gasteiger partial charge in [-0.05, 0) is 74.3 Å². The molecule has 38 heavy (non-hydrogen) atoms. The first-order valence-electron chi connectivity index (χ1n) is 10.9. The van der Waals surface area contributed by atoms with Crippen LogP contribution in [0.3, 0.4) is 0 Å². The third kappa shape index (κ3) is 4.98. The number of para-hydroxylation sites is 1. The Balaban J connectivity index is 1.67. The van der Waals surface area contributed by atoms with Crippen LogP contribution < -0.4 is 15.0 Å². The molecule has 1 N–H and O–H groups in total. The topological polar surface area (TPSA) is 116 Å². The summed E-state index contributed by atoms with van der Waals surface area (Å²) in [4.78, 5) is 29.2. The quantitative estimate of drug-likeness (QED) is 0.194. The average Bonchev–Trinajstić information content (AvgIpc) is 3.32. The zero-order valence-corrected chi connectivity index (χ0v) is 24.2. The van der Waals surface area contributed by atoms with Crippen LogP contribution in [0.25, 0.3) is 33.5 Å². The van der Waals surface area contributed by atoms with Gasteiger partial charge in [0.15, 0.2) is 23.9 Å². The molecule has 12 heteroatoms. The fourth-order valence-electron chi connectivity index (χ4n) is 3.75. The van der Waals surface area contributed by atoms with E-state index in [1.807, 2.05) is 18.2 Å². The first-order valence-corrected chi connectivity index (χ1v) is 13.3. The van der Waals surface area contributed by atoms with Crippen molar-refractivity contribution in [3.63, 3.8) is 0 Å². The molecule has 192 valence electrons. The van der Waals surface area contributed by atoms with Crippen LogP contribution in [0.4, 0.5) is 0 Å². The predicted molar refractivity (Wildman–Crippen MR) is 153 cm³/mol. The number of nitrogens with zero attached hydrogens (tertiary/aromatic N) is 3. The van der Waals surface area contributed by atoms with Crippen LogP contribution in [0.1, 0.15) is 5.56 Å². The molecule has 5 aromatic rings. The summed E-state index contributed by atoms with van der Waals surface area (Å²) >= 11 is 10.4. The second-order valence-electron chi connectivity index (χ2n) is 7.91. The number of aliphatic carboxylic acids is 1. The monoisotopic (exact) mass is 703 g/mol. The van der Waals surface area contributed by atoms with E-state index in [0.29, 0.717) is 36.8 Å². The van der Waals surface area contributed by atoms with E-state index in [4.69, 9.17) is 19.0 Å². The third-order valence-corrected chi connectivity index (χ3v) is 8.12. The number of fused-ring (bicyclic) bond motifs is 2. The maximum Gasteiger partial charge on any atom is 0.341 e. The number of methoxy groups -OCH3 is 1. The fourth-order valence-corrected chi connectivity index (χ4v) is 5.07. The molecule has 2 aromatic heterocycles. The molecule has 0 bridgehead atoms. The minimum absolute atomic E-state index is 0.206. The molecular formula is C26H16Br3N3O6. The van der Waals surface area contributed by atoms with Crippen LogP contribution in [0.2, 0.25) is 0 Å². The highest BCUT2D eigenvalue weighted by Crippen LogP contribution is 2.42. The lowest BCUT2D eigenvalue weighted by Crippen LogP contribution is -2.20. The summed E-state index contributed by atoms with van der Waals surface area (Å²) in [6, 6.07) is 16.0. The van der Waals surface area contributed by atoms with Crippen molar-refractivity contribution in [2.24, 2.45) is 5.10 Å². The highest BCUT2D eigenvalue weighted by atomic mass is 79.9. The van der Waals surface area contributed by atoms with Gasteiger partial charge in [0.1, 0.15) is 5.58 Å². The molecule has 0 atom stereocenters. The van der Waals surface area contributed by atoms with Crippen molar-refractivity contribution in [3.8, 4) is 23.1 Å². The van der Waals surface area contributed by atoms with Crippen LogP contribution in [-0.2, 0) is 4.79 Å². The van der Waals surface area contributed by atoms with Crippen LogP contribution in [0, 0.1) is 0 Å². The smallest absolute Gasteiger partial charge is 0.341 e. The summed E-state index contributed by atoms with van der Waals surface area (Å²) in [5, 5.41) is 14.7. The van der Waals surface area contributed by atoms with Gasteiger partial charge < -0.3 is 19.0 Å². The summed E-state index contributed by atoms with van der Waals surface area (Å²) < 4.78 is 19.8. The predicted octanol–water partition coefficient (Wildman–Crippen LogP) is 6.45. The molecule has 0 spiro atoms. The number of furan rings is 1. The molecule has 0 aliphatic rings. The average molecular weight is 706 g/mol. The standard InChI is InChI=1S/C26H16Br3N3O6/c1-36-19-10-14(22(28)23(29)24(19)37-12-21(33)34)11-30-32-25(31-17-5-3-2-4-16(17)26(32)35)20-9-13-8-15(27)6-7-18(13)38-20/h2-11H,12H2,1H3,(H,33,34). The van der Waals surface area contributed by atoms with Gasteiger partial charge in [0, 0.05) is 19.9 Å². The van der Waals surface area contributed by atoms with E-state index in [9.17, 15) is 9.59 Å². The highest BCUT2D eigenvalue weighted by Gasteiger charge is 2.19. The molecule has 0 saturated carbocycles. The molecule has 0 fully saturated rings. The number of benzene rings is 3. The summed E-state index contributed by atoms with van der Waals surface area (Å²) in [6.07, 6.45) is 1.46. The Labute approximate surface area is 240 Å². The van der Waals surface area contributed by atoms with Crippen molar-refractivity contribution >= 4 is 81.8 Å². The molecule has 0 radical (unpaired) electrons. The Kier molecular flexibility index (Phi) is 7.37. The number of carboxylic acids is 1. The molecule has 0 saturated heterocycles. The summed E-state index contributed by atoms with van der Waals surface area (Å²) in [7, 11) is 1.43. The van der Waals surface area contributed by atoms with Gasteiger partial charge in [-0.2, -0.15) is 9.78 Å². The maximum absolute atomic E-state index is 13.5. The first-order chi connectivity index (χ1) is 18.3. The van der Waals surface area contributed by atoms with Crippen molar-refractivity contribution in [3.05, 3.63) is 83.9 Å². The minimum Gasteiger partial charge on any atom is -0.493 e. The number of carboxylic acid groups (broad SMARTS) is 1. The van der Waals surface area contributed by atoms with Gasteiger partial charge in [-0.15, -0.1) is 0 Å². The van der Waals surface area contributed by atoms with E-state index in [2.05, 4.69) is 57.9 Å². The Morgan fingerprint density at radius 2 is 1.92 bits per heavy atom. The normalized spacial score (nSPS) is 11.5. The minimum atomic E-state index is -1.13. The first kappa shape index (κ1) is 26.1. The number of halogens is 3. The second-order valence-corrected chi connectivity index (χ2v) is 10.4. The van der Waals surface area contributed by atoms with Crippen molar-refractivity contribution < 1.29 is 23.8 Å². The van der Waals surface area contributed by atoms with E-state index in [-0.39, 0.29) is 22.9 Å². The molecule has 9 nitrogen and oxygen atoms in total. The van der Waals surface area contributed by atoms with Gasteiger partial charge in [-0.3, -0.25) is 4.79 Å². The number of rotatable bonds is 7. The van der Waals surface area contributed by atoms with E-state index >= 15 is 0 Å². The van der Waals surface area contributed by atoms with Crippen molar-refractivity contribution in [1.82, 2.24) is 9.66 Å². The molecule has 0 aliphatic heterocycles. The number of aromatic nitrogens is 2. The number of ether oxygens (including phenoxy) is 2. The van der Waals surface area contributed by atoms with Gasteiger partial charge in [0.25, 0.3) is 5.56 Å². The van der Waals surface area contributed by atoms with E-state index in [1.54, 1.807) is 36.4 Å². The van der Waals surface area contributed by atoms with Crippen LogP contribution in [0.15, 0.2) is 82.3 Å². The van der Waals surface area contributed by atoms with Crippen molar-refractivity contribution in [1.29, 1.82) is 0 Å². The third-order valence-electron chi connectivity index (χ3n) is 5.48. The molecule has 3 aromatic carbocycles. The van der Waals surface area contributed by atoms with E-state index in [0.717, 1.165) is 9.86 Å². The lowest BCUT2D eigenvalue weighted by molar-refractivity contribution is -0.139. The Bertz CT molecular complexity index is 1810. The second kappa shape index (κ2) is 10.7. The Hall–Kier alpha value is -3.48. The van der Waals surface area contributed by atoms with Gasteiger partial charge in [0.05, 0.1) is 28.7 Å². The van der Waals surface area contributed by atoms with Gasteiger partial charge >= 0.3 is 5.97 Å². The lowest BCUT2D eigenvalue weighted by Gasteiger charge is -2.14. The number of hydrogen-bond donors (Lipinski definition) is 1. The molecular weight excluding hydrogens is 690 g/mol. The molecule has 2 heterocycles.